The molecule has 0 fully saturated rings. The fraction of sp³-hybridized carbons (Fsp3) is 0.350. The molecule has 2 aromatic carbocycles. The number of carbonyl (C=O) groups excluding carboxylic acids is 1. The van der Waals surface area contributed by atoms with E-state index in [9.17, 15) is 13.2 Å². The van der Waals surface area contributed by atoms with Gasteiger partial charge >= 0.3 is 0 Å². The molecule has 0 radical (unpaired) electrons. The predicted octanol–water partition coefficient (Wildman–Crippen LogP) is 3.91. The van der Waals surface area contributed by atoms with E-state index >= 15 is 0 Å². The van der Waals surface area contributed by atoms with Crippen LogP contribution in [-0.2, 0) is 14.8 Å². The van der Waals surface area contributed by atoms with E-state index in [-0.39, 0.29) is 18.5 Å². The largest absolute Gasteiger partial charge is 0.348 e. The topological polar surface area (TPSA) is 66.5 Å². The smallest absolute Gasteiger partial charge is 0.241 e. The number of hydrogen-bond acceptors (Lipinski definition) is 3. The van der Waals surface area contributed by atoms with Crippen LogP contribution in [-0.4, -0.2) is 27.1 Å². The van der Waals surface area contributed by atoms with Crippen LogP contribution in [0.15, 0.2) is 36.4 Å². The average molecular weight is 409 g/mol. The highest BCUT2D eigenvalue weighted by Crippen LogP contribution is 2.26. The van der Waals surface area contributed by atoms with Gasteiger partial charge in [0.15, 0.2) is 0 Å². The zero-order valence-electron chi connectivity index (χ0n) is 16.2. The fourth-order valence-corrected chi connectivity index (χ4v) is 3.84. The summed E-state index contributed by atoms with van der Waals surface area (Å²) in [4.78, 5) is 12.6. The standard InChI is InChI=1S/C20H25ClN2O3S/c1-13-6-8-17(10-15(13)3)16(4)22-20(24)12-23(27(5,25)26)19-11-18(21)9-7-14(19)2/h6-11,16H,12H2,1-5H3,(H,22,24)/t16-/m1/s1. The van der Waals surface area contributed by atoms with Gasteiger partial charge in [0, 0.05) is 5.02 Å². The molecule has 0 saturated carbocycles. The van der Waals surface area contributed by atoms with Gasteiger partial charge in [-0.25, -0.2) is 8.42 Å². The summed E-state index contributed by atoms with van der Waals surface area (Å²) in [6, 6.07) is 10.7. The molecule has 1 amide bonds. The Morgan fingerprint density at radius 2 is 1.70 bits per heavy atom. The van der Waals surface area contributed by atoms with E-state index in [1.54, 1.807) is 25.1 Å². The second kappa shape index (κ2) is 8.31. The van der Waals surface area contributed by atoms with Crippen LogP contribution in [0.5, 0.6) is 0 Å². The Morgan fingerprint density at radius 3 is 2.30 bits per heavy atom. The number of hydrogen-bond donors (Lipinski definition) is 1. The first-order chi connectivity index (χ1) is 12.5. The lowest BCUT2D eigenvalue weighted by atomic mass is 10.0. The Hall–Kier alpha value is -2.05. The van der Waals surface area contributed by atoms with Gasteiger partial charge in [0.2, 0.25) is 15.9 Å². The Morgan fingerprint density at radius 1 is 1.07 bits per heavy atom. The molecular formula is C20H25ClN2O3S. The van der Waals surface area contributed by atoms with Crippen LogP contribution in [0.25, 0.3) is 0 Å². The monoisotopic (exact) mass is 408 g/mol. The van der Waals surface area contributed by atoms with E-state index in [1.807, 2.05) is 39.0 Å². The molecular weight excluding hydrogens is 384 g/mol. The number of amides is 1. The summed E-state index contributed by atoms with van der Waals surface area (Å²) >= 11 is 6.02. The van der Waals surface area contributed by atoms with Gasteiger partial charge in [-0.15, -0.1) is 0 Å². The predicted molar refractivity (Wildman–Crippen MR) is 111 cm³/mol. The van der Waals surface area contributed by atoms with Crippen molar-refractivity contribution in [2.75, 3.05) is 17.1 Å². The second-order valence-electron chi connectivity index (χ2n) is 6.83. The number of halogens is 1. The minimum Gasteiger partial charge on any atom is -0.348 e. The number of carbonyl (C=O) groups is 1. The van der Waals surface area contributed by atoms with E-state index < -0.39 is 10.0 Å². The fourth-order valence-electron chi connectivity index (χ4n) is 2.77. The van der Waals surface area contributed by atoms with Gasteiger partial charge in [-0.2, -0.15) is 0 Å². The maximum absolute atomic E-state index is 12.6. The lowest BCUT2D eigenvalue weighted by Gasteiger charge is -2.25. The van der Waals surface area contributed by atoms with E-state index in [2.05, 4.69) is 5.32 Å². The molecule has 2 aromatic rings. The molecule has 0 saturated heterocycles. The second-order valence-corrected chi connectivity index (χ2v) is 9.18. The Labute approximate surface area is 166 Å². The van der Waals surface area contributed by atoms with Gasteiger partial charge in [-0.1, -0.05) is 35.9 Å². The van der Waals surface area contributed by atoms with E-state index in [1.165, 1.54) is 5.56 Å². The van der Waals surface area contributed by atoms with Crippen LogP contribution in [0.3, 0.4) is 0 Å². The quantitative estimate of drug-likeness (QED) is 0.787. The minimum atomic E-state index is -3.65. The number of rotatable bonds is 6. The van der Waals surface area contributed by atoms with Crippen LogP contribution in [0.4, 0.5) is 5.69 Å². The summed E-state index contributed by atoms with van der Waals surface area (Å²) in [6.07, 6.45) is 1.08. The normalized spacial score (nSPS) is 12.5. The molecule has 0 unspecified atom stereocenters. The molecule has 1 N–H and O–H groups in total. The minimum absolute atomic E-state index is 0.237. The van der Waals surface area contributed by atoms with Crippen molar-refractivity contribution in [3.63, 3.8) is 0 Å². The summed E-state index contributed by atoms with van der Waals surface area (Å²) in [5.74, 6) is -0.384. The van der Waals surface area contributed by atoms with Crippen LogP contribution >= 0.6 is 11.6 Å². The molecule has 146 valence electrons. The van der Waals surface area contributed by atoms with Crippen molar-refractivity contribution in [2.24, 2.45) is 0 Å². The summed E-state index contributed by atoms with van der Waals surface area (Å²) < 4.78 is 25.6. The Bertz CT molecular complexity index is 958. The molecule has 0 bridgehead atoms. The number of aryl methyl sites for hydroxylation is 3. The molecule has 2 rings (SSSR count). The third-order valence-corrected chi connectivity index (χ3v) is 5.90. The molecule has 0 spiro atoms. The van der Waals surface area contributed by atoms with Gasteiger partial charge in [0.05, 0.1) is 18.0 Å². The maximum atomic E-state index is 12.6. The van der Waals surface area contributed by atoms with Crippen molar-refractivity contribution in [1.82, 2.24) is 5.32 Å². The molecule has 27 heavy (non-hydrogen) atoms. The summed E-state index contributed by atoms with van der Waals surface area (Å²) in [5.41, 5.74) is 4.41. The SMILES string of the molecule is Cc1ccc([C@@H](C)NC(=O)CN(c2cc(Cl)ccc2C)S(C)(=O)=O)cc1C. The number of anilines is 1. The first kappa shape index (κ1) is 21.3. The zero-order valence-corrected chi connectivity index (χ0v) is 17.8. The first-order valence-corrected chi connectivity index (χ1v) is 10.8. The van der Waals surface area contributed by atoms with Gasteiger partial charge in [-0.05, 0) is 62.1 Å². The van der Waals surface area contributed by atoms with Gasteiger partial charge in [0.1, 0.15) is 6.54 Å². The summed E-state index contributed by atoms with van der Waals surface area (Å²) in [7, 11) is -3.65. The van der Waals surface area contributed by atoms with Gasteiger partial charge in [-0.3, -0.25) is 9.10 Å². The molecule has 0 aliphatic rings. The van der Waals surface area contributed by atoms with Crippen molar-refractivity contribution in [3.05, 3.63) is 63.7 Å². The summed E-state index contributed by atoms with van der Waals surface area (Å²) in [6.45, 7) is 7.38. The van der Waals surface area contributed by atoms with Crippen LogP contribution < -0.4 is 9.62 Å². The highest BCUT2D eigenvalue weighted by Gasteiger charge is 2.23. The van der Waals surface area contributed by atoms with E-state index in [0.717, 1.165) is 27.3 Å². The molecule has 5 nitrogen and oxygen atoms in total. The third-order valence-electron chi connectivity index (χ3n) is 4.54. The van der Waals surface area contributed by atoms with Crippen molar-refractivity contribution in [1.29, 1.82) is 0 Å². The number of nitrogens with zero attached hydrogens (tertiary/aromatic N) is 1. The molecule has 7 heteroatoms. The third kappa shape index (κ3) is 5.47. The first-order valence-electron chi connectivity index (χ1n) is 8.59. The summed E-state index contributed by atoms with van der Waals surface area (Å²) in [5, 5.41) is 3.28. The number of sulfonamides is 1. The maximum Gasteiger partial charge on any atom is 0.241 e. The van der Waals surface area contributed by atoms with E-state index in [4.69, 9.17) is 11.6 Å². The Kier molecular flexibility index (Phi) is 6.54. The van der Waals surface area contributed by atoms with Crippen molar-refractivity contribution < 1.29 is 13.2 Å². The van der Waals surface area contributed by atoms with Crippen molar-refractivity contribution >= 4 is 33.2 Å². The molecule has 0 heterocycles. The van der Waals surface area contributed by atoms with Crippen LogP contribution in [0.1, 0.15) is 35.2 Å². The zero-order chi connectivity index (χ0) is 20.4. The van der Waals surface area contributed by atoms with Crippen LogP contribution in [0.2, 0.25) is 5.02 Å². The molecule has 0 aliphatic heterocycles. The Balaban J connectivity index is 2.21. The van der Waals surface area contributed by atoms with E-state index in [0.29, 0.717) is 10.7 Å². The number of nitrogens with one attached hydrogen (secondary N) is 1. The lowest BCUT2D eigenvalue weighted by molar-refractivity contribution is -0.120. The highest BCUT2D eigenvalue weighted by atomic mass is 35.5. The average Bonchev–Trinajstić information content (AvgIpc) is 2.56. The van der Waals surface area contributed by atoms with Crippen LogP contribution in [0, 0.1) is 20.8 Å². The molecule has 0 aromatic heterocycles. The number of benzene rings is 2. The van der Waals surface area contributed by atoms with Crippen molar-refractivity contribution in [3.8, 4) is 0 Å². The molecule has 0 aliphatic carbocycles. The van der Waals surface area contributed by atoms with Gasteiger partial charge < -0.3 is 5.32 Å². The highest BCUT2D eigenvalue weighted by molar-refractivity contribution is 7.92. The molecule has 1 atom stereocenters. The van der Waals surface area contributed by atoms with Crippen molar-refractivity contribution in [2.45, 2.75) is 33.7 Å². The lowest BCUT2D eigenvalue weighted by Crippen LogP contribution is -2.41. The van der Waals surface area contributed by atoms with Gasteiger partial charge in [0.25, 0.3) is 0 Å².